The van der Waals surface area contributed by atoms with Gasteiger partial charge in [-0.15, -0.1) is 0 Å². The van der Waals surface area contributed by atoms with Gasteiger partial charge in [0, 0.05) is 35.1 Å². The van der Waals surface area contributed by atoms with Crippen LogP contribution in [-0.4, -0.2) is 41.6 Å². The number of nitrogens with one attached hydrogen (secondary N) is 4. The van der Waals surface area contributed by atoms with Crippen LogP contribution in [0.25, 0.3) is 0 Å². The normalized spacial score (nSPS) is 11.6. The summed E-state index contributed by atoms with van der Waals surface area (Å²) in [5.74, 6) is 1.26. The Balaban J connectivity index is 1.59. The van der Waals surface area contributed by atoms with Gasteiger partial charge in [0.25, 0.3) is 0 Å². The van der Waals surface area contributed by atoms with Crippen LogP contribution in [0.4, 0.5) is 23.1 Å². The fourth-order valence-electron chi connectivity index (χ4n) is 3.54. The van der Waals surface area contributed by atoms with Crippen molar-refractivity contribution in [1.82, 2.24) is 20.2 Å². The molecule has 39 heavy (non-hydrogen) atoms. The van der Waals surface area contributed by atoms with E-state index in [4.69, 9.17) is 9.94 Å². The molecule has 210 valence electrons. The van der Waals surface area contributed by atoms with Gasteiger partial charge in [-0.1, -0.05) is 6.07 Å². The van der Waals surface area contributed by atoms with Crippen molar-refractivity contribution < 1.29 is 23.2 Å². The number of unbranched alkanes of at least 4 members (excludes halogenated alkanes) is 2. The third-order valence-electron chi connectivity index (χ3n) is 5.37. The lowest BCUT2D eigenvalue weighted by atomic mass is 10.1. The van der Waals surface area contributed by atoms with Gasteiger partial charge < -0.3 is 15.4 Å². The van der Waals surface area contributed by atoms with E-state index in [1.54, 1.807) is 56.7 Å². The van der Waals surface area contributed by atoms with E-state index >= 15 is 0 Å². The fraction of sp³-hybridized carbons (Fsp3) is 0.370. The molecule has 1 aromatic heterocycles. The Hall–Kier alpha value is -3.74. The Kier molecular flexibility index (Phi) is 10.2. The molecule has 3 rings (SSSR count). The van der Waals surface area contributed by atoms with Crippen molar-refractivity contribution in [2.24, 2.45) is 0 Å². The summed E-state index contributed by atoms with van der Waals surface area (Å²) in [4.78, 5) is 20.1. The zero-order chi connectivity index (χ0) is 28.5. The Morgan fingerprint density at radius 3 is 2.44 bits per heavy atom. The second-order valence-electron chi connectivity index (χ2n) is 10.1. The number of carbonyl (C=O) groups excluding carboxylic acids is 1. The molecule has 0 aliphatic heterocycles. The Morgan fingerprint density at radius 1 is 1.00 bits per heavy atom. The Labute approximate surface area is 229 Å². The van der Waals surface area contributed by atoms with Gasteiger partial charge in [-0.05, 0) is 89.4 Å². The van der Waals surface area contributed by atoms with E-state index in [0.29, 0.717) is 36.9 Å². The number of aryl methyl sites for hydroxylation is 1. The number of hydroxylamine groups is 1. The minimum atomic E-state index is -3.68. The number of sulfonamides is 1. The number of ether oxygens (including phenoxy) is 1. The number of hydrogen-bond donors (Lipinski definition) is 5. The summed E-state index contributed by atoms with van der Waals surface area (Å²) in [6.45, 7) is 7.76. The van der Waals surface area contributed by atoms with Gasteiger partial charge in [0.1, 0.15) is 11.6 Å². The number of benzene rings is 2. The molecule has 0 aliphatic carbocycles. The van der Waals surface area contributed by atoms with E-state index in [1.807, 2.05) is 31.2 Å². The molecule has 11 nitrogen and oxygen atoms in total. The molecule has 5 N–H and O–H groups in total. The summed E-state index contributed by atoms with van der Waals surface area (Å²) < 4.78 is 33.9. The Morgan fingerprint density at radius 2 is 1.74 bits per heavy atom. The highest BCUT2D eigenvalue weighted by atomic mass is 32.2. The number of hydrogen-bond acceptors (Lipinski definition) is 9. The summed E-state index contributed by atoms with van der Waals surface area (Å²) >= 11 is 0. The summed E-state index contributed by atoms with van der Waals surface area (Å²) in [7, 11) is -3.68. The van der Waals surface area contributed by atoms with Crippen LogP contribution in [0, 0.1) is 6.92 Å². The largest absolute Gasteiger partial charge is 0.494 e. The minimum absolute atomic E-state index is 0.156. The summed E-state index contributed by atoms with van der Waals surface area (Å²) in [6.07, 6.45) is 4.28. The molecule has 0 fully saturated rings. The molecule has 0 saturated heterocycles. The fourth-order valence-corrected chi connectivity index (χ4v) is 5.01. The average Bonchev–Trinajstić information content (AvgIpc) is 2.87. The van der Waals surface area contributed by atoms with Crippen LogP contribution in [0.5, 0.6) is 5.75 Å². The second-order valence-corrected chi connectivity index (χ2v) is 11.8. The van der Waals surface area contributed by atoms with Crippen molar-refractivity contribution in [2.75, 3.05) is 17.2 Å². The highest BCUT2D eigenvalue weighted by Crippen LogP contribution is 2.24. The molecule has 0 atom stereocenters. The van der Waals surface area contributed by atoms with E-state index in [0.717, 1.165) is 29.8 Å². The van der Waals surface area contributed by atoms with Crippen LogP contribution in [-0.2, 0) is 14.8 Å². The second kappa shape index (κ2) is 13.4. The molecule has 0 unspecified atom stereocenters. The maximum atomic E-state index is 12.7. The molecule has 0 radical (unpaired) electrons. The van der Waals surface area contributed by atoms with Gasteiger partial charge in [-0.2, -0.15) is 4.98 Å². The quantitative estimate of drug-likeness (QED) is 0.113. The van der Waals surface area contributed by atoms with Crippen LogP contribution < -0.4 is 25.6 Å². The van der Waals surface area contributed by atoms with Gasteiger partial charge in [0.05, 0.1) is 11.5 Å². The maximum absolute atomic E-state index is 12.7. The molecular weight excluding hydrogens is 520 g/mol. The monoisotopic (exact) mass is 556 g/mol. The van der Waals surface area contributed by atoms with Crippen molar-refractivity contribution >= 4 is 39.1 Å². The standard InChI is InChI=1S/C27H36N6O5S/c1-19-18-28-26(30-20-12-14-22(15-13-20)38-16-7-5-6-11-24(34)32-35)31-25(19)29-21-9-8-10-23(17-21)39(36,37)33-27(2,3)4/h8-10,12-15,17-18,33,35H,5-7,11,16H2,1-4H3,(H,32,34)(H2,28,29,30,31). The first-order valence-electron chi connectivity index (χ1n) is 12.6. The van der Waals surface area contributed by atoms with Crippen molar-refractivity contribution in [3.05, 3.63) is 60.3 Å². The molecule has 2 aromatic carbocycles. The Bertz CT molecular complexity index is 1360. The van der Waals surface area contributed by atoms with Gasteiger partial charge >= 0.3 is 0 Å². The third kappa shape index (κ3) is 9.82. The predicted molar refractivity (Wildman–Crippen MR) is 150 cm³/mol. The summed E-state index contributed by atoms with van der Waals surface area (Å²) in [5.41, 5.74) is 3.17. The van der Waals surface area contributed by atoms with Crippen LogP contribution >= 0.6 is 0 Å². The number of amides is 1. The lowest BCUT2D eigenvalue weighted by Crippen LogP contribution is -2.40. The van der Waals surface area contributed by atoms with Gasteiger partial charge in [-0.3, -0.25) is 10.0 Å². The van der Waals surface area contributed by atoms with Crippen molar-refractivity contribution in [2.45, 2.75) is 63.8 Å². The topological polar surface area (TPSA) is 155 Å². The molecule has 0 saturated carbocycles. The summed E-state index contributed by atoms with van der Waals surface area (Å²) in [6, 6.07) is 13.9. The molecule has 1 amide bonds. The van der Waals surface area contributed by atoms with E-state index < -0.39 is 15.6 Å². The molecule has 0 bridgehead atoms. The molecular formula is C27H36N6O5S. The van der Waals surface area contributed by atoms with E-state index in [9.17, 15) is 13.2 Å². The number of carbonyl (C=O) groups is 1. The van der Waals surface area contributed by atoms with Gasteiger partial charge in [0.15, 0.2) is 0 Å². The lowest BCUT2D eigenvalue weighted by Gasteiger charge is -2.20. The van der Waals surface area contributed by atoms with E-state index in [-0.39, 0.29) is 10.8 Å². The number of anilines is 4. The van der Waals surface area contributed by atoms with E-state index in [2.05, 4.69) is 25.3 Å². The average molecular weight is 557 g/mol. The zero-order valence-corrected chi connectivity index (χ0v) is 23.4. The summed E-state index contributed by atoms with van der Waals surface area (Å²) in [5, 5.41) is 14.8. The minimum Gasteiger partial charge on any atom is -0.494 e. The van der Waals surface area contributed by atoms with Crippen LogP contribution in [0.3, 0.4) is 0 Å². The first-order chi connectivity index (χ1) is 18.4. The SMILES string of the molecule is Cc1cnc(Nc2ccc(OCCCCCC(=O)NO)cc2)nc1Nc1cccc(S(=O)(=O)NC(C)(C)C)c1. The number of nitrogens with zero attached hydrogens (tertiary/aromatic N) is 2. The van der Waals surface area contributed by atoms with Crippen LogP contribution in [0.1, 0.15) is 52.0 Å². The highest BCUT2D eigenvalue weighted by molar-refractivity contribution is 7.89. The highest BCUT2D eigenvalue weighted by Gasteiger charge is 2.22. The third-order valence-corrected chi connectivity index (χ3v) is 7.13. The van der Waals surface area contributed by atoms with Crippen LogP contribution in [0.2, 0.25) is 0 Å². The first-order valence-corrected chi connectivity index (χ1v) is 14.1. The molecule has 1 heterocycles. The van der Waals surface area contributed by atoms with Gasteiger partial charge in [-0.25, -0.2) is 23.6 Å². The van der Waals surface area contributed by atoms with Crippen molar-refractivity contribution in [3.63, 3.8) is 0 Å². The zero-order valence-electron chi connectivity index (χ0n) is 22.6. The van der Waals surface area contributed by atoms with Gasteiger partial charge in [0.2, 0.25) is 21.9 Å². The predicted octanol–water partition coefficient (Wildman–Crippen LogP) is 4.79. The van der Waals surface area contributed by atoms with Crippen LogP contribution in [0.15, 0.2) is 59.6 Å². The molecule has 12 heteroatoms. The number of rotatable bonds is 13. The smallest absolute Gasteiger partial charge is 0.243 e. The number of aromatic nitrogens is 2. The molecule has 0 aliphatic rings. The maximum Gasteiger partial charge on any atom is 0.243 e. The first kappa shape index (κ1) is 29.8. The van der Waals surface area contributed by atoms with Crippen molar-refractivity contribution in [1.29, 1.82) is 0 Å². The molecule has 0 spiro atoms. The lowest BCUT2D eigenvalue weighted by molar-refractivity contribution is -0.129. The van der Waals surface area contributed by atoms with E-state index in [1.165, 1.54) is 0 Å². The van der Waals surface area contributed by atoms with Crippen molar-refractivity contribution in [3.8, 4) is 5.75 Å². The molecule has 3 aromatic rings.